The fourth-order valence-electron chi connectivity index (χ4n) is 2.15. The fourth-order valence-corrected chi connectivity index (χ4v) is 2.79. The van der Waals surface area contributed by atoms with Crippen LogP contribution in [0.3, 0.4) is 0 Å². The highest BCUT2D eigenvalue weighted by atomic mass is 79.9. The molecule has 0 bridgehead atoms. The Morgan fingerprint density at radius 1 is 1.35 bits per heavy atom. The zero-order chi connectivity index (χ0) is 18.8. The van der Waals surface area contributed by atoms with Crippen LogP contribution in [0.15, 0.2) is 50.4 Å². The van der Waals surface area contributed by atoms with Gasteiger partial charge in [-0.05, 0) is 40.2 Å². The zero-order valence-electron chi connectivity index (χ0n) is 12.8. The van der Waals surface area contributed by atoms with E-state index in [0.717, 1.165) is 18.3 Å². The van der Waals surface area contributed by atoms with E-state index in [2.05, 4.69) is 26.5 Å². The van der Waals surface area contributed by atoms with Gasteiger partial charge in [-0.25, -0.2) is 5.43 Å². The van der Waals surface area contributed by atoms with Gasteiger partial charge in [-0.3, -0.25) is 14.9 Å². The average molecular weight is 439 g/mol. The second kappa shape index (κ2) is 7.14. The van der Waals surface area contributed by atoms with Crippen molar-refractivity contribution >= 4 is 56.3 Å². The number of hydrogen-bond donors (Lipinski definition) is 2. The first kappa shape index (κ1) is 17.9. The molecule has 8 nitrogen and oxygen atoms in total. The molecule has 1 heterocycles. The third-order valence-electron chi connectivity index (χ3n) is 3.36. The zero-order valence-corrected chi connectivity index (χ0v) is 15.1. The summed E-state index contributed by atoms with van der Waals surface area (Å²) >= 11 is 8.90. The summed E-state index contributed by atoms with van der Waals surface area (Å²) in [6.45, 7) is 0. The largest absolute Gasteiger partial charge is 0.506 e. The Morgan fingerprint density at radius 3 is 2.85 bits per heavy atom. The number of rotatable bonds is 4. The van der Waals surface area contributed by atoms with Gasteiger partial charge in [-0.15, -0.1) is 0 Å². The number of phenolic OH excluding ortho intramolecular Hbond substituents is 1. The molecule has 0 atom stereocenters. The van der Waals surface area contributed by atoms with E-state index in [1.54, 1.807) is 18.2 Å². The molecule has 0 unspecified atom stereocenters. The second-order valence-electron chi connectivity index (χ2n) is 5.11. The minimum Gasteiger partial charge on any atom is -0.506 e. The van der Waals surface area contributed by atoms with Crippen molar-refractivity contribution in [3.8, 4) is 5.75 Å². The number of nitrogens with one attached hydrogen (secondary N) is 1. The SMILES string of the molecule is O=C(N/N=C/c1cc([N+](=O)[O-])cc(Br)c1O)c1cc2cc(Cl)ccc2o1. The van der Waals surface area contributed by atoms with Gasteiger partial charge in [-0.2, -0.15) is 5.10 Å². The van der Waals surface area contributed by atoms with Gasteiger partial charge in [0.1, 0.15) is 11.3 Å². The van der Waals surface area contributed by atoms with E-state index in [9.17, 15) is 20.0 Å². The lowest BCUT2D eigenvalue weighted by Gasteiger charge is -2.02. The average Bonchev–Trinajstić information content (AvgIpc) is 3.01. The van der Waals surface area contributed by atoms with Crippen LogP contribution in [0.1, 0.15) is 16.1 Å². The number of non-ortho nitro benzene ring substituents is 1. The Kier molecular flexibility index (Phi) is 4.92. The van der Waals surface area contributed by atoms with Crippen molar-refractivity contribution in [2.24, 2.45) is 5.10 Å². The molecular weight excluding hydrogens is 430 g/mol. The minimum atomic E-state index is -0.627. The standard InChI is InChI=1S/C16H9BrClN3O5/c17-12-6-11(21(24)25)4-9(15(12)22)7-19-20-16(23)14-5-8-3-10(18)1-2-13(8)26-14/h1-7,22H,(H,20,23)/b19-7+. The van der Waals surface area contributed by atoms with Crippen LogP contribution in [-0.4, -0.2) is 22.2 Å². The monoisotopic (exact) mass is 437 g/mol. The van der Waals surface area contributed by atoms with Crippen molar-refractivity contribution in [3.63, 3.8) is 0 Å². The van der Waals surface area contributed by atoms with Crippen molar-refractivity contribution in [2.45, 2.75) is 0 Å². The van der Waals surface area contributed by atoms with Gasteiger partial charge in [-0.1, -0.05) is 11.6 Å². The van der Waals surface area contributed by atoms with E-state index in [0.29, 0.717) is 16.0 Å². The van der Waals surface area contributed by atoms with Crippen molar-refractivity contribution in [2.75, 3.05) is 0 Å². The topological polar surface area (TPSA) is 118 Å². The fraction of sp³-hybridized carbons (Fsp3) is 0. The number of furan rings is 1. The number of hydrazone groups is 1. The lowest BCUT2D eigenvalue weighted by molar-refractivity contribution is -0.385. The van der Waals surface area contributed by atoms with E-state index in [4.69, 9.17) is 16.0 Å². The number of amides is 1. The Labute approximate surface area is 159 Å². The molecule has 0 aliphatic heterocycles. The molecule has 2 N–H and O–H groups in total. The molecule has 0 aliphatic rings. The smallest absolute Gasteiger partial charge is 0.307 e. The third-order valence-corrected chi connectivity index (χ3v) is 4.20. The van der Waals surface area contributed by atoms with Crippen LogP contribution >= 0.6 is 27.5 Å². The highest BCUT2D eigenvalue weighted by Crippen LogP contribution is 2.31. The first-order valence-electron chi connectivity index (χ1n) is 7.04. The van der Waals surface area contributed by atoms with Gasteiger partial charge in [0.15, 0.2) is 5.76 Å². The molecule has 132 valence electrons. The highest BCUT2D eigenvalue weighted by Gasteiger charge is 2.15. The maximum atomic E-state index is 12.1. The maximum Gasteiger partial charge on any atom is 0.307 e. The van der Waals surface area contributed by atoms with Crippen LogP contribution in [0, 0.1) is 10.1 Å². The molecule has 0 spiro atoms. The summed E-state index contributed by atoms with van der Waals surface area (Å²) in [5.74, 6) is -0.853. The van der Waals surface area contributed by atoms with Crippen LogP contribution in [0.2, 0.25) is 5.02 Å². The normalized spacial score (nSPS) is 11.2. The Hall–Kier alpha value is -2.91. The van der Waals surface area contributed by atoms with Crippen molar-refractivity contribution in [1.82, 2.24) is 5.43 Å². The summed E-state index contributed by atoms with van der Waals surface area (Å²) < 4.78 is 5.52. The number of nitrogens with zero attached hydrogens (tertiary/aromatic N) is 2. The first-order chi connectivity index (χ1) is 12.3. The minimum absolute atomic E-state index is 0.0175. The number of nitro groups is 1. The number of halogens is 2. The molecule has 0 saturated carbocycles. The van der Waals surface area contributed by atoms with Gasteiger partial charge < -0.3 is 9.52 Å². The summed E-state index contributed by atoms with van der Waals surface area (Å²) in [6, 6.07) is 8.71. The summed E-state index contributed by atoms with van der Waals surface area (Å²) in [5, 5.41) is 25.6. The van der Waals surface area contributed by atoms with Crippen molar-refractivity contribution in [1.29, 1.82) is 0 Å². The highest BCUT2D eigenvalue weighted by molar-refractivity contribution is 9.10. The number of hydrogen-bond acceptors (Lipinski definition) is 6. The summed E-state index contributed by atoms with van der Waals surface area (Å²) in [6.07, 6.45) is 1.09. The van der Waals surface area contributed by atoms with Crippen LogP contribution in [0.4, 0.5) is 5.69 Å². The number of carbonyl (C=O) groups excluding carboxylic acids is 1. The molecule has 3 rings (SSSR count). The second-order valence-corrected chi connectivity index (χ2v) is 6.41. The molecule has 3 aromatic rings. The van der Waals surface area contributed by atoms with E-state index in [-0.39, 0.29) is 27.2 Å². The Balaban J connectivity index is 1.79. The van der Waals surface area contributed by atoms with Crippen LogP contribution < -0.4 is 5.43 Å². The number of nitro benzene ring substituents is 1. The molecule has 2 aromatic carbocycles. The number of aromatic hydroxyl groups is 1. The molecule has 0 fully saturated rings. The van der Waals surface area contributed by atoms with Crippen molar-refractivity contribution in [3.05, 3.63) is 67.3 Å². The van der Waals surface area contributed by atoms with E-state index in [1.807, 2.05) is 0 Å². The summed E-state index contributed by atoms with van der Waals surface area (Å²) in [5.41, 5.74) is 2.53. The van der Waals surface area contributed by atoms with Gasteiger partial charge in [0.25, 0.3) is 5.69 Å². The number of benzene rings is 2. The summed E-state index contributed by atoms with van der Waals surface area (Å²) in [4.78, 5) is 22.3. The summed E-state index contributed by atoms with van der Waals surface area (Å²) in [7, 11) is 0. The molecule has 1 aromatic heterocycles. The Bertz CT molecular complexity index is 1060. The van der Waals surface area contributed by atoms with Gasteiger partial charge in [0, 0.05) is 28.1 Å². The van der Waals surface area contributed by atoms with Crippen LogP contribution in [-0.2, 0) is 0 Å². The Morgan fingerprint density at radius 2 is 2.12 bits per heavy atom. The molecule has 26 heavy (non-hydrogen) atoms. The molecule has 0 aliphatic carbocycles. The van der Waals surface area contributed by atoms with Gasteiger partial charge in [0.2, 0.25) is 0 Å². The number of fused-ring (bicyclic) bond motifs is 1. The quantitative estimate of drug-likeness (QED) is 0.359. The predicted octanol–water partition coefficient (Wildman–Crippen LogP) is 4.23. The third kappa shape index (κ3) is 3.68. The molecule has 1 amide bonds. The lowest BCUT2D eigenvalue weighted by atomic mass is 10.2. The molecule has 10 heteroatoms. The molecular formula is C16H9BrClN3O5. The van der Waals surface area contributed by atoms with Crippen LogP contribution in [0.25, 0.3) is 11.0 Å². The van der Waals surface area contributed by atoms with E-state index < -0.39 is 10.8 Å². The maximum absolute atomic E-state index is 12.1. The van der Waals surface area contributed by atoms with Gasteiger partial charge in [0.05, 0.1) is 15.6 Å². The van der Waals surface area contributed by atoms with Crippen LogP contribution in [0.5, 0.6) is 5.75 Å². The van der Waals surface area contributed by atoms with E-state index >= 15 is 0 Å². The first-order valence-corrected chi connectivity index (χ1v) is 8.21. The molecule has 0 saturated heterocycles. The molecule has 0 radical (unpaired) electrons. The van der Waals surface area contributed by atoms with Crippen molar-refractivity contribution < 1.29 is 19.2 Å². The van der Waals surface area contributed by atoms with Gasteiger partial charge >= 0.3 is 5.91 Å². The van der Waals surface area contributed by atoms with E-state index in [1.165, 1.54) is 6.07 Å². The predicted molar refractivity (Wildman–Crippen MR) is 98.7 cm³/mol. The lowest BCUT2D eigenvalue weighted by Crippen LogP contribution is -2.16. The number of carbonyl (C=O) groups is 1. The number of phenols is 1.